The number of alkyl halides is 3. The van der Waals surface area contributed by atoms with E-state index in [2.05, 4.69) is 0 Å². The average molecular weight is 259 g/mol. The highest BCUT2D eigenvalue weighted by atomic mass is 35.7. The van der Waals surface area contributed by atoms with Gasteiger partial charge < -0.3 is 0 Å². The number of hydrogen-bond acceptors (Lipinski definition) is 2. The topological polar surface area (TPSA) is 34.1 Å². The second kappa shape index (κ2) is 3.68. The zero-order valence-corrected chi connectivity index (χ0v) is 9.04. The molecule has 1 rings (SSSR count). The summed E-state index contributed by atoms with van der Waals surface area (Å²) in [5.74, 6) is 0. The Hall–Kier alpha value is -0.750. The molecular weight excluding hydrogens is 253 g/mol. The lowest BCUT2D eigenvalue weighted by Gasteiger charge is -2.10. The van der Waals surface area contributed by atoms with Crippen LogP contribution in [0.5, 0.6) is 0 Å². The van der Waals surface area contributed by atoms with E-state index in [4.69, 9.17) is 10.7 Å². The van der Waals surface area contributed by atoms with Crippen LogP contribution in [0.15, 0.2) is 23.1 Å². The first-order valence-electron chi connectivity index (χ1n) is 3.75. The molecule has 0 aromatic heterocycles. The molecule has 0 saturated heterocycles. The largest absolute Gasteiger partial charge is 0.417 e. The van der Waals surface area contributed by atoms with Crippen LogP contribution in [-0.4, -0.2) is 8.42 Å². The quantitative estimate of drug-likeness (QED) is 0.726. The third-order valence-corrected chi connectivity index (χ3v) is 3.07. The van der Waals surface area contributed by atoms with E-state index in [1.165, 1.54) is 13.0 Å². The minimum Gasteiger partial charge on any atom is -0.207 e. The molecule has 0 atom stereocenters. The summed E-state index contributed by atoms with van der Waals surface area (Å²) < 4.78 is 59.0. The normalized spacial score (nSPS) is 12.9. The molecule has 0 bridgehead atoms. The van der Waals surface area contributed by atoms with Crippen molar-refractivity contribution in [2.45, 2.75) is 18.0 Å². The van der Waals surface area contributed by atoms with Crippen LogP contribution in [0.3, 0.4) is 0 Å². The van der Waals surface area contributed by atoms with E-state index in [0.717, 1.165) is 6.07 Å². The van der Waals surface area contributed by atoms with Crippen molar-refractivity contribution in [1.29, 1.82) is 0 Å². The minimum atomic E-state index is -4.73. The van der Waals surface area contributed by atoms with Crippen LogP contribution in [0.4, 0.5) is 13.2 Å². The summed E-state index contributed by atoms with van der Waals surface area (Å²) in [6.07, 6.45) is -4.73. The number of benzene rings is 1. The second-order valence-corrected chi connectivity index (χ2v) is 5.47. The molecule has 0 heterocycles. The zero-order chi connectivity index (χ0) is 11.9. The van der Waals surface area contributed by atoms with Gasteiger partial charge in [-0.15, -0.1) is 0 Å². The number of hydrogen-bond donors (Lipinski definition) is 0. The van der Waals surface area contributed by atoms with E-state index in [1.807, 2.05) is 0 Å². The molecule has 1 aromatic rings. The monoisotopic (exact) mass is 258 g/mol. The Morgan fingerprint density at radius 1 is 1.27 bits per heavy atom. The summed E-state index contributed by atoms with van der Waals surface area (Å²) in [6, 6.07) is 2.77. The van der Waals surface area contributed by atoms with Crippen LogP contribution >= 0.6 is 10.7 Å². The second-order valence-electron chi connectivity index (χ2n) is 2.94. The van der Waals surface area contributed by atoms with Gasteiger partial charge >= 0.3 is 6.18 Å². The van der Waals surface area contributed by atoms with E-state index < -0.39 is 25.7 Å². The molecule has 84 valence electrons. The van der Waals surface area contributed by atoms with Gasteiger partial charge in [-0.1, -0.05) is 6.07 Å². The zero-order valence-electron chi connectivity index (χ0n) is 7.47. The predicted molar refractivity (Wildman–Crippen MR) is 49.2 cm³/mol. The fraction of sp³-hybridized carbons (Fsp3) is 0.250. The summed E-state index contributed by atoms with van der Waals surface area (Å²) in [5.41, 5.74) is -0.856. The molecule has 0 aliphatic heterocycles. The van der Waals surface area contributed by atoms with Crippen molar-refractivity contribution >= 4 is 19.7 Å². The van der Waals surface area contributed by atoms with Crippen molar-refractivity contribution in [2.24, 2.45) is 0 Å². The third kappa shape index (κ3) is 2.85. The fourth-order valence-corrected chi connectivity index (χ4v) is 2.22. The first-order valence-corrected chi connectivity index (χ1v) is 6.06. The summed E-state index contributed by atoms with van der Waals surface area (Å²) in [4.78, 5) is -0.906. The van der Waals surface area contributed by atoms with Crippen molar-refractivity contribution in [3.05, 3.63) is 29.3 Å². The Morgan fingerprint density at radius 2 is 1.80 bits per heavy atom. The van der Waals surface area contributed by atoms with Gasteiger partial charge in [-0.05, 0) is 24.6 Å². The Labute approximate surface area is 89.1 Å². The fourth-order valence-electron chi connectivity index (χ4n) is 1.07. The van der Waals surface area contributed by atoms with Crippen LogP contribution in [-0.2, 0) is 15.2 Å². The number of aryl methyl sites for hydroxylation is 1. The van der Waals surface area contributed by atoms with Crippen LogP contribution in [0.25, 0.3) is 0 Å². The van der Waals surface area contributed by atoms with Gasteiger partial charge in [0.2, 0.25) is 0 Å². The maximum absolute atomic E-state index is 12.4. The average Bonchev–Trinajstić information content (AvgIpc) is 2.00. The Bertz CT molecular complexity index is 479. The Kier molecular flexibility index (Phi) is 3.02. The molecule has 1 aromatic carbocycles. The standard InChI is InChI=1S/C8H6ClF3O2S/c1-5-2-3-6(8(10,11)12)7(4-5)15(9,13)14/h2-4H,1H3. The highest BCUT2D eigenvalue weighted by Crippen LogP contribution is 2.35. The molecule has 0 amide bonds. The van der Waals surface area contributed by atoms with Gasteiger partial charge in [-0.25, -0.2) is 8.42 Å². The maximum atomic E-state index is 12.4. The van der Waals surface area contributed by atoms with Gasteiger partial charge in [0.05, 0.1) is 10.5 Å². The van der Waals surface area contributed by atoms with Crippen LogP contribution in [0.1, 0.15) is 11.1 Å². The summed E-state index contributed by atoms with van der Waals surface area (Å²) >= 11 is 0. The van der Waals surface area contributed by atoms with Crippen molar-refractivity contribution in [1.82, 2.24) is 0 Å². The van der Waals surface area contributed by atoms with Gasteiger partial charge in [0.15, 0.2) is 0 Å². The van der Waals surface area contributed by atoms with Crippen LogP contribution < -0.4 is 0 Å². The molecular formula is C8H6ClF3O2S. The van der Waals surface area contributed by atoms with Gasteiger partial charge in [0.1, 0.15) is 0 Å². The molecule has 0 fully saturated rings. The SMILES string of the molecule is Cc1ccc(C(F)(F)F)c(S(=O)(=O)Cl)c1. The van der Waals surface area contributed by atoms with Crippen molar-refractivity contribution in [3.8, 4) is 0 Å². The van der Waals surface area contributed by atoms with E-state index in [-0.39, 0.29) is 0 Å². The van der Waals surface area contributed by atoms with Gasteiger partial charge in [-0.2, -0.15) is 13.2 Å². The summed E-state index contributed by atoms with van der Waals surface area (Å²) in [5, 5.41) is 0. The van der Waals surface area contributed by atoms with Crippen molar-refractivity contribution < 1.29 is 21.6 Å². The first-order chi connectivity index (χ1) is 6.62. The van der Waals surface area contributed by atoms with Crippen LogP contribution in [0.2, 0.25) is 0 Å². The highest BCUT2D eigenvalue weighted by Gasteiger charge is 2.36. The lowest BCUT2D eigenvalue weighted by molar-refractivity contribution is -0.139. The molecule has 0 saturated carbocycles. The lowest BCUT2D eigenvalue weighted by atomic mass is 10.1. The molecule has 0 unspecified atom stereocenters. The predicted octanol–water partition coefficient (Wildman–Crippen LogP) is 2.94. The van der Waals surface area contributed by atoms with E-state index in [0.29, 0.717) is 11.6 Å². The number of rotatable bonds is 1. The van der Waals surface area contributed by atoms with Gasteiger partial charge in [0.25, 0.3) is 9.05 Å². The Balaban J connectivity index is 3.55. The van der Waals surface area contributed by atoms with Gasteiger partial charge in [0, 0.05) is 10.7 Å². The minimum absolute atomic E-state index is 0.391. The summed E-state index contributed by atoms with van der Waals surface area (Å²) in [7, 11) is 0.527. The first kappa shape index (κ1) is 12.3. The maximum Gasteiger partial charge on any atom is 0.417 e. The van der Waals surface area contributed by atoms with E-state index in [9.17, 15) is 21.6 Å². The van der Waals surface area contributed by atoms with E-state index in [1.54, 1.807) is 0 Å². The number of halogens is 4. The van der Waals surface area contributed by atoms with Crippen LogP contribution in [0, 0.1) is 6.92 Å². The molecule has 0 radical (unpaired) electrons. The van der Waals surface area contributed by atoms with Crippen molar-refractivity contribution in [3.63, 3.8) is 0 Å². The van der Waals surface area contributed by atoms with Gasteiger partial charge in [-0.3, -0.25) is 0 Å². The molecule has 0 spiro atoms. The third-order valence-electron chi connectivity index (χ3n) is 1.71. The molecule has 0 aliphatic rings. The highest BCUT2D eigenvalue weighted by molar-refractivity contribution is 8.13. The van der Waals surface area contributed by atoms with E-state index >= 15 is 0 Å². The lowest BCUT2D eigenvalue weighted by Crippen LogP contribution is -2.10. The molecule has 7 heteroatoms. The molecule has 2 nitrogen and oxygen atoms in total. The molecule has 0 N–H and O–H groups in total. The van der Waals surface area contributed by atoms with Crippen molar-refractivity contribution in [2.75, 3.05) is 0 Å². The summed E-state index contributed by atoms with van der Waals surface area (Å²) in [6.45, 7) is 1.48. The smallest absolute Gasteiger partial charge is 0.207 e. The molecule has 15 heavy (non-hydrogen) atoms. The Morgan fingerprint density at radius 3 is 2.20 bits per heavy atom. The molecule has 0 aliphatic carbocycles.